The maximum atomic E-state index is 13.2. The second-order valence-corrected chi connectivity index (χ2v) is 10.3. The molecule has 7 nitrogen and oxygen atoms in total. The maximum Gasteiger partial charge on any atom is 0.242 e. The Morgan fingerprint density at radius 1 is 1.03 bits per heavy atom. The summed E-state index contributed by atoms with van der Waals surface area (Å²) in [6.45, 7) is 8.42. The summed E-state index contributed by atoms with van der Waals surface area (Å²) >= 11 is 0. The number of aryl methyl sites for hydroxylation is 2. The minimum Gasteiger partial charge on any atom is -0.355 e. The van der Waals surface area contributed by atoms with E-state index in [0.29, 0.717) is 25.2 Å². The van der Waals surface area contributed by atoms with Crippen molar-refractivity contribution >= 4 is 27.5 Å². The highest BCUT2D eigenvalue weighted by Crippen LogP contribution is 2.20. The molecule has 0 bridgehead atoms. The summed E-state index contributed by atoms with van der Waals surface area (Å²) < 4.78 is 26.1. The molecule has 0 saturated carbocycles. The van der Waals surface area contributed by atoms with E-state index in [1.165, 1.54) is 4.31 Å². The van der Waals surface area contributed by atoms with Crippen molar-refractivity contribution in [2.45, 2.75) is 53.1 Å². The third kappa shape index (κ3) is 7.89. The molecule has 0 radical (unpaired) electrons. The number of amides is 2. The van der Waals surface area contributed by atoms with E-state index < -0.39 is 16.1 Å². The molecule has 2 aromatic rings. The van der Waals surface area contributed by atoms with Gasteiger partial charge in [0.15, 0.2) is 0 Å². The number of benzene rings is 2. The molecule has 0 unspecified atom stereocenters. The summed E-state index contributed by atoms with van der Waals surface area (Å²) in [6.07, 6.45) is 1.64. The quantitative estimate of drug-likeness (QED) is 0.542. The van der Waals surface area contributed by atoms with Crippen molar-refractivity contribution in [3.8, 4) is 0 Å². The number of carbonyl (C=O) groups is 2. The van der Waals surface area contributed by atoms with Crippen LogP contribution in [0, 0.1) is 13.8 Å². The van der Waals surface area contributed by atoms with Crippen LogP contribution in [0.5, 0.6) is 0 Å². The van der Waals surface area contributed by atoms with Crippen molar-refractivity contribution in [3.05, 3.63) is 65.2 Å². The van der Waals surface area contributed by atoms with Gasteiger partial charge in [-0.1, -0.05) is 42.0 Å². The number of rotatable bonds is 11. The molecule has 0 aliphatic rings. The number of anilines is 1. The van der Waals surface area contributed by atoms with E-state index in [1.807, 2.05) is 63.2 Å². The van der Waals surface area contributed by atoms with Crippen LogP contribution in [0.3, 0.4) is 0 Å². The zero-order valence-corrected chi connectivity index (χ0v) is 21.0. The van der Waals surface area contributed by atoms with Crippen LogP contribution in [0.15, 0.2) is 48.5 Å². The fourth-order valence-electron chi connectivity index (χ4n) is 3.58. The lowest BCUT2D eigenvalue weighted by Gasteiger charge is -2.29. The minimum absolute atomic E-state index is 0.132. The first-order valence-corrected chi connectivity index (χ1v) is 13.0. The first-order chi connectivity index (χ1) is 15.5. The Balaban J connectivity index is 2.14. The van der Waals surface area contributed by atoms with Crippen molar-refractivity contribution < 1.29 is 18.0 Å². The Morgan fingerprint density at radius 3 is 2.27 bits per heavy atom. The van der Waals surface area contributed by atoms with Crippen LogP contribution in [0.2, 0.25) is 0 Å². The molecule has 0 fully saturated rings. The number of carbonyl (C=O) groups excluding carboxylic acids is 2. The largest absolute Gasteiger partial charge is 0.355 e. The summed E-state index contributed by atoms with van der Waals surface area (Å²) in [6, 6.07) is 14.5. The van der Waals surface area contributed by atoms with E-state index in [-0.39, 0.29) is 24.8 Å². The van der Waals surface area contributed by atoms with Crippen LogP contribution < -0.4 is 9.62 Å². The van der Waals surface area contributed by atoms with Crippen LogP contribution in [-0.2, 0) is 26.2 Å². The van der Waals surface area contributed by atoms with Gasteiger partial charge in [-0.2, -0.15) is 0 Å². The zero-order chi connectivity index (χ0) is 24.6. The molecule has 0 saturated heterocycles. The third-order valence-corrected chi connectivity index (χ3v) is 6.63. The molecule has 0 aliphatic carbocycles. The average molecular weight is 474 g/mol. The van der Waals surface area contributed by atoms with Gasteiger partial charge in [0.25, 0.3) is 0 Å². The van der Waals surface area contributed by atoms with Crippen LogP contribution >= 0.6 is 0 Å². The molecule has 33 heavy (non-hydrogen) atoms. The third-order valence-electron chi connectivity index (χ3n) is 5.43. The van der Waals surface area contributed by atoms with E-state index >= 15 is 0 Å². The standard InChI is InChI=1S/C25H35N3O4S/c1-6-26-25(30)21(4)27(18-22-14-12-19(2)13-15-22)24(29)11-8-16-28(33(5,31)32)23-10-7-9-20(3)17-23/h7,9-10,12-15,17,21H,6,8,11,16,18H2,1-5H3,(H,26,30)/t21-/m0/s1. The second kappa shape index (κ2) is 11.8. The minimum atomic E-state index is -3.50. The molecule has 2 aromatic carbocycles. The lowest BCUT2D eigenvalue weighted by Crippen LogP contribution is -2.47. The summed E-state index contributed by atoms with van der Waals surface area (Å²) in [4.78, 5) is 27.2. The van der Waals surface area contributed by atoms with Gasteiger partial charge in [0.2, 0.25) is 21.8 Å². The Kier molecular flexibility index (Phi) is 9.46. The first kappa shape index (κ1) is 26.4. The molecule has 180 valence electrons. The molecule has 0 heterocycles. The molecule has 2 rings (SSSR count). The number of nitrogens with zero attached hydrogens (tertiary/aromatic N) is 2. The van der Waals surface area contributed by atoms with Crippen molar-refractivity contribution in [1.29, 1.82) is 0 Å². The predicted molar refractivity (Wildman–Crippen MR) is 132 cm³/mol. The van der Waals surface area contributed by atoms with E-state index in [1.54, 1.807) is 17.9 Å². The van der Waals surface area contributed by atoms with Gasteiger partial charge in [0.05, 0.1) is 11.9 Å². The van der Waals surface area contributed by atoms with Crippen molar-refractivity contribution in [2.75, 3.05) is 23.7 Å². The van der Waals surface area contributed by atoms with Gasteiger partial charge in [-0.3, -0.25) is 13.9 Å². The highest BCUT2D eigenvalue weighted by Gasteiger charge is 2.26. The lowest BCUT2D eigenvalue weighted by molar-refractivity contribution is -0.140. The molecular formula is C25H35N3O4S. The van der Waals surface area contributed by atoms with Gasteiger partial charge in [-0.05, 0) is 57.4 Å². The van der Waals surface area contributed by atoms with Gasteiger partial charge in [0.1, 0.15) is 6.04 Å². The van der Waals surface area contributed by atoms with Gasteiger partial charge in [-0.15, -0.1) is 0 Å². The molecule has 1 atom stereocenters. The maximum absolute atomic E-state index is 13.2. The lowest BCUT2D eigenvalue weighted by atomic mass is 10.1. The molecular weight excluding hydrogens is 438 g/mol. The Morgan fingerprint density at radius 2 is 1.70 bits per heavy atom. The van der Waals surface area contributed by atoms with E-state index in [9.17, 15) is 18.0 Å². The van der Waals surface area contributed by atoms with E-state index in [2.05, 4.69) is 5.32 Å². The van der Waals surface area contributed by atoms with Crippen molar-refractivity contribution in [3.63, 3.8) is 0 Å². The molecule has 0 spiro atoms. The molecule has 0 aliphatic heterocycles. The van der Waals surface area contributed by atoms with Crippen LogP contribution in [-0.4, -0.2) is 50.5 Å². The smallest absolute Gasteiger partial charge is 0.242 e. The fourth-order valence-corrected chi connectivity index (χ4v) is 4.54. The number of sulfonamides is 1. The molecule has 8 heteroatoms. The fraction of sp³-hybridized carbons (Fsp3) is 0.440. The van der Waals surface area contributed by atoms with Crippen molar-refractivity contribution in [1.82, 2.24) is 10.2 Å². The SMILES string of the molecule is CCNC(=O)[C@H](C)N(Cc1ccc(C)cc1)C(=O)CCCN(c1cccc(C)c1)S(C)(=O)=O. The van der Waals surface area contributed by atoms with Crippen LogP contribution in [0.1, 0.15) is 43.4 Å². The highest BCUT2D eigenvalue weighted by molar-refractivity contribution is 7.92. The number of hydrogen-bond donors (Lipinski definition) is 1. The van der Waals surface area contributed by atoms with Crippen LogP contribution in [0.25, 0.3) is 0 Å². The number of hydrogen-bond acceptors (Lipinski definition) is 4. The molecule has 1 N–H and O–H groups in total. The van der Waals surface area contributed by atoms with E-state index in [0.717, 1.165) is 22.9 Å². The number of likely N-dealkylation sites (N-methyl/N-ethyl adjacent to an activating group) is 1. The van der Waals surface area contributed by atoms with E-state index in [4.69, 9.17) is 0 Å². The van der Waals surface area contributed by atoms with Gasteiger partial charge in [0, 0.05) is 26.1 Å². The number of nitrogens with one attached hydrogen (secondary N) is 1. The summed E-state index contributed by atoms with van der Waals surface area (Å²) in [5.41, 5.74) is 3.59. The monoisotopic (exact) mass is 473 g/mol. The Bertz CT molecular complexity index is 1050. The van der Waals surface area contributed by atoms with Crippen LogP contribution in [0.4, 0.5) is 5.69 Å². The van der Waals surface area contributed by atoms with Gasteiger partial charge in [-0.25, -0.2) is 8.42 Å². The Hall–Kier alpha value is -2.87. The van der Waals surface area contributed by atoms with Gasteiger partial charge < -0.3 is 10.2 Å². The summed E-state index contributed by atoms with van der Waals surface area (Å²) in [7, 11) is -3.50. The van der Waals surface area contributed by atoms with Crippen molar-refractivity contribution in [2.24, 2.45) is 0 Å². The zero-order valence-electron chi connectivity index (χ0n) is 20.2. The summed E-state index contributed by atoms with van der Waals surface area (Å²) in [5, 5.41) is 2.78. The van der Waals surface area contributed by atoms with Gasteiger partial charge >= 0.3 is 0 Å². The topological polar surface area (TPSA) is 86.8 Å². The first-order valence-electron chi connectivity index (χ1n) is 11.2. The molecule has 0 aromatic heterocycles. The average Bonchev–Trinajstić information content (AvgIpc) is 2.75. The predicted octanol–water partition coefficient (Wildman–Crippen LogP) is 3.40. The normalized spacial score (nSPS) is 12.2. The second-order valence-electron chi connectivity index (χ2n) is 8.36. The highest BCUT2D eigenvalue weighted by atomic mass is 32.2. The summed E-state index contributed by atoms with van der Waals surface area (Å²) in [5.74, 6) is -0.400. The molecule has 2 amide bonds. The Labute approximate surface area is 197 Å².